The summed E-state index contributed by atoms with van der Waals surface area (Å²) in [5, 5.41) is 2.87. The molecule has 4 rings (SSSR count). The quantitative estimate of drug-likeness (QED) is 0.616. The Kier molecular flexibility index (Phi) is 4.41. The second kappa shape index (κ2) is 5.94. The number of alkyl halides is 1. The summed E-state index contributed by atoms with van der Waals surface area (Å²) >= 11 is 6.74. The van der Waals surface area contributed by atoms with Crippen molar-refractivity contribution < 1.29 is 14.3 Å². The average molecular weight is 342 g/mol. The van der Waals surface area contributed by atoms with Gasteiger partial charge in [-0.15, -0.1) is 11.6 Å². The summed E-state index contributed by atoms with van der Waals surface area (Å²) in [6, 6.07) is 0.0758. The van der Waals surface area contributed by atoms with E-state index in [9.17, 15) is 9.59 Å². The number of carbonyl (C=O) groups is 2. The first-order valence-electron chi connectivity index (χ1n) is 8.87. The number of halogens is 1. The third-order valence-corrected chi connectivity index (χ3v) is 6.59. The predicted octanol–water partition coefficient (Wildman–Crippen LogP) is 3.27. The van der Waals surface area contributed by atoms with Crippen LogP contribution >= 0.6 is 11.6 Å². The number of ether oxygens (including phenoxy) is 1. The van der Waals surface area contributed by atoms with Crippen molar-refractivity contribution in [3.8, 4) is 0 Å². The lowest BCUT2D eigenvalue weighted by Crippen LogP contribution is -2.56. The van der Waals surface area contributed by atoms with Crippen LogP contribution in [0.4, 0.5) is 0 Å². The van der Waals surface area contributed by atoms with Gasteiger partial charge in [-0.25, -0.2) is 0 Å². The summed E-state index contributed by atoms with van der Waals surface area (Å²) in [5.74, 6) is 1.04. The third kappa shape index (κ3) is 3.38. The van der Waals surface area contributed by atoms with E-state index in [0.29, 0.717) is 17.8 Å². The van der Waals surface area contributed by atoms with E-state index in [1.165, 1.54) is 6.42 Å². The Morgan fingerprint density at radius 3 is 2.30 bits per heavy atom. The smallest absolute Gasteiger partial charge is 0.312 e. The number of hydrogen-bond donors (Lipinski definition) is 1. The van der Waals surface area contributed by atoms with Crippen LogP contribution in [0.3, 0.4) is 0 Å². The Labute approximate surface area is 143 Å². The van der Waals surface area contributed by atoms with Crippen LogP contribution in [-0.4, -0.2) is 29.4 Å². The zero-order valence-corrected chi connectivity index (χ0v) is 15.1. The number of esters is 1. The van der Waals surface area contributed by atoms with Gasteiger partial charge in [0.25, 0.3) is 5.91 Å². The maximum atomic E-state index is 12.7. The lowest BCUT2D eigenvalue weighted by molar-refractivity contribution is -0.171. The van der Waals surface area contributed by atoms with E-state index in [4.69, 9.17) is 16.3 Å². The number of nitrogens with one attached hydrogen (secondary N) is 1. The highest BCUT2D eigenvalue weighted by Crippen LogP contribution is 2.64. The van der Waals surface area contributed by atoms with Crippen LogP contribution in [0.2, 0.25) is 0 Å². The Hall–Kier alpha value is -0.770. The van der Waals surface area contributed by atoms with Crippen molar-refractivity contribution in [1.82, 2.24) is 5.32 Å². The number of hydrogen-bond acceptors (Lipinski definition) is 3. The molecule has 0 radical (unpaired) electrons. The molecule has 0 saturated heterocycles. The standard InChI is InChI=1S/C18H28ClNO3/c1-11(2)12(3)20-15(21)9-23-16(22)17-5-13-4-14(6-17)8-18(19,7-13)10-17/h11-14H,4-10H2,1-3H3,(H,20,21)/t12-,13-,14-,17?,18?/m0/s1. The van der Waals surface area contributed by atoms with Gasteiger partial charge in [-0.2, -0.15) is 0 Å². The summed E-state index contributed by atoms with van der Waals surface area (Å²) in [7, 11) is 0. The van der Waals surface area contributed by atoms with Crippen LogP contribution in [0.15, 0.2) is 0 Å². The zero-order chi connectivity index (χ0) is 16.8. The molecule has 0 aromatic rings. The molecular formula is C18H28ClNO3. The second-order valence-electron chi connectivity index (χ2n) is 8.57. The number of rotatable bonds is 5. The molecule has 4 bridgehead atoms. The molecule has 1 N–H and O–H groups in total. The third-order valence-electron chi connectivity index (χ3n) is 6.15. The first-order valence-corrected chi connectivity index (χ1v) is 9.25. The number of carbonyl (C=O) groups excluding carboxylic acids is 2. The molecule has 0 heterocycles. The molecule has 0 aromatic carbocycles. The summed E-state index contributed by atoms with van der Waals surface area (Å²) in [4.78, 5) is 24.4. The largest absolute Gasteiger partial charge is 0.455 e. The second-order valence-corrected chi connectivity index (χ2v) is 9.37. The van der Waals surface area contributed by atoms with Gasteiger partial charge in [-0.3, -0.25) is 9.59 Å². The molecule has 4 fully saturated rings. The maximum absolute atomic E-state index is 12.7. The topological polar surface area (TPSA) is 55.4 Å². The van der Waals surface area contributed by atoms with Crippen molar-refractivity contribution in [2.75, 3.05) is 6.61 Å². The minimum Gasteiger partial charge on any atom is -0.455 e. The predicted molar refractivity (Wildman–Crippen MR) is 89.1 cm³/mol. The molecule has 0 aliphatic heterocycles. The molecule has 4 saturated carbocycles. The molecule has 0 unspecified atom stereocenters. The molecule has 130 valence electrons. The van der Waals surface area contributed by atoms with Crippen molar-refractivity contribution in [1.29, 1.82) is 0 Å². The van der Waals surface area contributed by atoms with E-state index in [1.54, 1.807) is 0 Å². The van der Waals surface area contributed by atoms with Crippen LogP contribution in [0.25, 0.3) is 0 Å². The fourth-order valence-electron chi connectivity index (χ4n) is 5.14. The van der Waals surface area contributed by atoms with Gasteiger partial charge < -0.3 is 10.1 Å². The molecule has 4 aliphatic rings. The van der Waals surface area contributed by atoms with Gasteiger partial charge in [0.1, 0.15) is 0 Å². The van der Waals surface area contributed by atoms with Crippen LogP contribution in [0, 0.1) is 23.2 Å². The van der Waals surface area contributed by atoms with E-state index in [2.05, 4.69) is 5.32 Å². The van der Waals surface area contributed by atoms with Crippen molar-refractivity contribution in [2.24, 2.45) is 23.2 Å². The molecule has 3 atom stereocenters. The van der Waals surface area contributed by atoms with Crippen LogP contribution < -0.4 is 5.32 Å². The summed E-state index contributed by atoms with van der Waals surface area (Å²) in [5.41, 5.74) is -0.435. The van der Waals surface area contributed by atoms with Gasteiger partial charge in [0, 0.05) is 10.9 Å². The van der Waals surface area contributed by atoms with E-state index in [-0.39, 0.29) is 29.4 Å². The van der Waals surface area contributed by atoms with Crippen molar-refractivity contribution in [3.63, 3.8) is 0 Å². The Balaban J connectivity index is 1.57. The Bertz CT molecular complexity index is 490. The highest BCUT2D eigenvalue weighted by Gasteiger charge is 2.60. The minimum atomic E-state index is -0.435. The van der Waals surface area contributed by atoms with Gasteiger partial charge >= 0.3 is 5.97 Å². The Morgan fingerprint density at radius 2 is 1.78 bits per heavy atom. The van der Waals surface area contributed by atoms with E-state index in [1.807, 2.05) is 20.8 Å². The zero-order valence-electron chi connectivity index (χ0n) is 14.4. The van der Waals surface area contributed by atoms with Crippen LogP contribution in [-0.2, 0) is 14.3 Å². The summed E-state index contributed by atoms with van der Waals surface area (Å²) in [6.45, 7) is 5.88. The highest BCUT2D eigenvalue weighted by atomic mass is 35.5. The lowest BCUT2D eigenvalue weighted by atomic mass is 9.49. The first kappa shape index (κ1) is 17.1. The van der Waals surface area contributed by atoms with Gasteiger partial charge in [0.05, 0.1) is 5.41 Å². The van der Waals surface area contributed by atoms with Gasteiger partial charge in [0.15, 0.2) is 6.61 Å². The molecule has 23 heavy (non-hydrogen) atoms. The van der Waals surface area contributed by atoms with Gasteiger partial charge in [-0.1, -0.05) is 13.8 Å². The molecule has 5 heteroatoms. The normalized spacial score (nSPS) is 39.3. The van der Waals surface area contributed by atoms with E-state index < -0.39 is 5.41 Å². The van der Waals surface area contributed by atoms with E-state index in [0.717, 1.165) is 32.1 Å². The molecule has 1 amide bonds. The molecule has 4 aliphatic carbocycles. The SMILES string of the molecule is CC(C)[C@H](C)NC(=O)COC(=O)C12C[C@@H]3C[C@H](CC(Cl)(C3)C1)C2. The summed E-state index contributed by atoms with van der Waals surface area (Å²) < 4.78 is 5.40. The minimum absolute atomic E-state index is 0.0758. The molecule has 0 aromatic heterocycles. The average Bonchev–Trinajstić information content (AvgIpc) is 2.41. The van der Waals surface area contributed by atoms with Gasteiger partial charge in [-0.05, 0) is 63.2 Å². The van der Waals surface area contributed by atoms with Crippen molar-refractivity contribution >= 4 is 23.5 Å². The van der Waals surface area contributed by atoms with Gasteiger partial charge in [0.2, 0.25) is 0 Å². The fraction of sp³-hybridized carbons (Fsp3) is 0.889. The van der Waals surface area contributed by atoms with E-state index >= 15 is 0 Å². The highest BCUT2D eigenvalue weighted by molar-refractivity contribution is 6.24. The fourth-order valence-corrected chi connectivity index (χ4v) is 5.83. The van der Waals surface area contributed by atoms with Crippen molar-refractivity contribution in [3.05, 3.63) is 0 Å². The molecular weight excluding hydrogens is 314 g/mol. The molecule has 4 nitrogen and oxygen atoms in total. The van der Waals surface area contributed by atoms with Crippen molar-refractivity contribution in [2.45, 2.75) is 70.2 Å². The molecule has 0 spiro atoms. The maximum Gasteiger partial charge on any atom is 0.312 e. The van der Waals surface area contributed by atoms with Crippen LogP contribution in [0.1, 0.15) is 59.3 Å². The van der Waals surface area contributed by atoms with Crippen LogP contribution in [0.5, 0.6) is 0 Å². The first-order chi connectivity index (χ1) is 10.7. The Morgan fingerprint density at radius 1 is 1.17 bits per heavy atom. The number of amides is 1. The summed E-state index contributed by atoms with van der Waals surface area (Å²) in [6.07, 6.45) is 5.77. The lowest BCUT2D eigenvalue weighted by Gasteiger charge is -2.58. The monoisotopic (exact) mass is 341 g/mol.